The van der Waals surface area contributed by atoms with Gasteiger partial charge in [0.25, 0.3) is 5.56 Å². The molecule has 4 heteroatoms. The van der Waals surface area contributed by atoms with Crippen LogP contribution in [0.5, 0.6) is 0 Å². The van der Waals surface area contributed by atoms with E-state index in [1.807, 2.05) is 42.1 Å². The van der Waals surface area contributed by atoms with E-state index in [2.05, 4.69) is 16.6 Å². The van der Waals surface area contributed by atoms with Gasteiger partial charge in [-0.25, -0.2) is 0 Å². The molecule has 106 valence electrons. The van der Waals surface area contributed by atoms with Gasteiger partial charge in [0, 0.05) is 16.7 Å². The average molecular weight is 288 g/mol. The van der Waals surface area contributed by atoms with Crippen molar-refractivity contribution in [2.45, 2.75) is 37.0 Å². The zero-order valence-electron chi connectivity index (χ0n) is 11.7. The van der Waals surface area contributed by atoms with Crippen molar-refractivity contribution in [2.24, 2.45) is 0 Å². The maximum atomic E-state index is 12.0. The minimum absolute atomic E-state index is 0.0107. The molecule has 1 aliphatic rings. The van der Waals surface area contributed by atoms with E-state index in [0.717, 1.165) is 21.8 Å². The molecule has 0 unspecified atom stereocenters. The molecule has 2 N–H and O–H groups in total. The molecule has 0 spiro atoms. The number of thioether (sulfide) groups is 1. The Kier molecular flexibility index (Phi) is 4.01. The Labute approximate surface area is 123 Å². The van der Waals surface area contributed by atoms with Gasteiger partial charge < -0.3 is 10.3 Å². The Balaban J connectivity index is 1.77. The number of aromatic nitrogens is 1. The smallest absolute Gasteiger partial charge is 0.257 e. The quantitative estimate of drug-likeness (QED) is 0.907. The molecular formula is C16H20N2OS. The lowest BCUT2D eigenvalue weighted by molar-refractivity contribution is 0.472. The summed E-state index contributed by atoms with van der Waals surface area (Å²) in [5.41, 5.74) is -0.0107. The molecule has 1 aliphatic carbocycles. The first-order valence-corrected chi connectivity index (χ1v) is 8.46. The highest BCUT2D eigenvalue weighted by molar-refractivity contribution is 7.99. The monoisotopic (exact) mass is 288 g/mol. The molecule has 1 aromatic carbocycles. The van der Waals surface area contributed by atoms with Crippen LogP contribution in [0.4, 0.5) is 5.82 Å². The summed E-state index contributed by atoms with van der Waals surface area (Å²) in [5.74, 6) is 0.848. The van der Waals surface area contributed by atoms with Crippen LogP contribution < -0.4 is 10.9 Å². The topological polar surface area (TPSA) is 44.9 Å². The van der Waals surface area contributed by atoms with Gasteiger partial charge in [0.05, 0.1) is 0 Å². The number of hydrogen-bond donors (Lipinski definition) is 2. The Morgan fingerprint density at radius 2 is 1.95 bits per heavy atom. The maximum Gasteiger partial charge on any atom is 0.257 e. The van der Waals surface area contributed by atoms with Crippen LogP contribution in [0.25, 0.3) is 10.8 Å². The summed E-state index contributed by atoms with van der Waals surface area (Å²) >= 11 is 1.97. The predicted octanol–water partition coefficient (Wildman–Crippen LogP) is 3.61. The standard InChI is InChI=1S/C16H20N2OS/c1-20-13-8-6-12(7-9-13)17-15-10-11-4-2-3-5-14(11)16(19)18-15/h2-5,10,12-13H,6-9H2,1H3,(H2,17,18,19). The van der Waals surface area contributed by atoms with Crippen LogP contribution in [0.3, 0.4) is 0 Å². The maximum absolute atomic E-state index is 12.0. The molecule has 0 bridgehead atoms. The molecule has 3 nitrogen and oxygen atoms in total. The molecule has 1 heterocycles. The van der Waals surface area contributed by atoms with Gasteiger partial charge in [0.2, 0.25) is 0 Å². The summed E-state index contributed by atoms with van der Waals surface area (Å²) in [6, 6.07) is 10.2. The van der Waals surface area contributed by atoms with Crippen LogP contribution in [0, 0.1) is 0 Å². The lowest BCUT2D eigenvalue weighted by Gasteiger charge is -2.28. The number of aromatic amines is 1. The third kappa shape index (κ3) is 2.85. The molecule has 0 saturated heterocycles. The van der Waals surface area contributed by atoms with Crippen molar-refractivity contribution in [3.63, 3.8) is 0 Å². The summed E-state index contributed by atoms with van der Waals surface area (Å²) < 4.78 is 0. The lowest BCUT2D eigenvalue weighted by atomic mass is 9.95. The number of nitrogens with one attached hydrogen (secondary N) is 2. The zero-order valence-corrected chi connectivity index (χ0v) is 12.5. The van der Waals surface area contributed by atoms with Crippen LogP contribution >= 0.6 is 11.8 Å². The molecule has 0 radical (unpaired) electrons. The molecule has 0 atom stereocenters. The van der Waals surface area contributed by atoms with Crippen molar-refractivity contribution in [2.75, 3.05) is 11.6 Å². The third-order valence-electron chi connectivity index (χ3n) is 4.12. The summed E-state index contributed by atoms with van der Waals surface area (Å²) in [7, 11) is 0. The molecule has 20 heavy (non-hydrogen) atoms. The lowest BCUT2D eigenvalue weighted by Crippen LogP contribution is -2.28. The van der Waals surface area contributed by atoms with E-state index >= 15 is 0 Å². The van der Waals surface area contributed by atoms with Crippen LogP contribution in [0.2, 0.25) is 0 Å². The van der Waals surface area contributed by atoms with Crippen molar-refractivity contribution in [1.29, 1.82) is 0 Å². The SMILES string of the molecule is CSC1CCC(Nc2cc3ccccc3c(=O)[nH]2)CC1. The van der Waals surface area contributed by atoms with E-state index in [4.69, 9.17) is 0 Å². The number of pyridine rings is 1. The Morgan fingerprint density at radius 3 is 2.70 bits per heavy atom. The molecular weight excluding hydrogens is 268 g/mol. The van der Waals surface area contributed by atoms with E-state index in [0.29, 0.717) is 6.04 Å². The van der Waals surface area contributed by atoms with Crippen molar-refractivity contribution in [1.82, 2.24) is 4.98 Å². The van der Waals surface area contributed by atoms with E-state index in [9.17, 15) is 4.79 Å². The summed E-state index contributed by atoms with van der Waals surface area (Å²) in [6.45, 7) is 0. The number of fused-ring (bicyclic) bond motifs is 1. The fourth-order valence-electron chi connectivity index (χ4n) is 2.95. The van der Waals surface area contributed by atoms with E-state index in [1.165, 1.54) is 25.7 Å². The van der Waals surface area contributed by atoms with E-state index in [1.54, 1.807) is 0 Å². The summed E-state index contributed by atoms with van der Waals surface area (Å²) in [5, 5.41) is 6.05. The first kappa shape index (κ1) is 13.6. The molecule has 0 amide bonds. The second kappa shape index (κ2) is 5.92. The molecule has 0 aliphatic heterocycles. The highest BCUT2D eigenvalue weighted by atomic mass is 32.2. The highest BCUT2D eigenvalue weighted by Gasteiger charge is 2.20. The Hall–Kier alpha value is -1.42. The first-order chi connectivity index (χ1) is 9.76. The minimum Gasteiger partial charge on any atom is -0.369 e. The van der Waals surface area contributed by atoms with Gasteiger partial charge in [-0.3, -0.25) is 4.79 Å². The van der Waals surface area contributed by atoms with Crippen LogP contribution in [-0.2, 0) is 0 Å². The molecule has 1 aromatic heterocycles. The number of anilines is 1. The van der Waals surface area contributed by atoms with E-state index in [-0.39, 0.29) is 5.56 Å². The first-order valence-electron chi connectivity index (χ1n) is 7.17. The van der Waals surface area contributed by atoms with Gasteiger partial charge in [-0.1, -0.05) is 18.2 Å². The van der Waals surface area contributed by atoms with Crippen molar-refractivity contribution in [3.8, 4) is 0 Å². The van der Waals surface area contributed by atoms with Gasteiger partial charge in [-0.2, -0.15) is 11.8 Å². The zero-order chi connectivity index (χ0) is 13.9. The van der Waals surface area contributed by atoms with Crippen LogP contribution in [-0.4, -0.2) is 22.5 Å². The second-order valence-electron chi connectivity index (χ2n) is 5.45. The number of rotatable bonds is 3. The fraction of sp³-hybridized carbons (Fsp3) is 0.438. The van der Waals surface area contributed by atoms with Gasteiger partial charge in [0.15, 0.2) is 0 Å². The molecule has 2 aromatic rings. The third-order valence-corrected chi connectivity index (χ3v) is 5.26. The average Bonchev–Trinajstić information content (AvgIpc) is 2.48. The van der Waals surface area contributed by atoms with Crippen LogP contribution in [0.15, 0.2) is 35.1 Å². The minimum atomic E-state index is -0.0107. The van der Waals surface area contributed by atoms with E-state index < -0.39 is 0 Å². The van der Waals surface area contributed by atoms with Gasteiger partial charge >= 0.3 is 0 Å². The molecule has 1 fully saturated rings. The van der Waals surface area contributed by atoms with Crippen molar-refractivity contribution in [3.05, 3.63) is 40.7 Å². The second-order valence-corrected chi connectivity index (χ2v) is 6.59. The molecule has 1 saturated carbocycles. The summed E-state index contributed by atoms with van der Waals surface area (Å²) in [6.07, 6.45) is 7.08. The Morgan fingerprint density at radius 1 is 1.20 bits per heavy atom. The van der Waals surface area contributed by atoms with Crippen LogP contribution in [0.1, 0.15) is 25.7 Å². The normalized spacial score (nSPS) is 22.9. The van der Waals surface area contributed by atoms with Gasteiger partial charge in [-0.15, -0.1) is 0 Å². The van der Waals surface area contributed by atoms with Crippen molar-refractivity contribution >= 4 is 28.4 Å². The highest BCUT2D eigenvalue weighted by Crippen LogP contribution is 2.28. The van der Waals surface area contributed by atoms with Gasteiger partial charge in [-0.05, 0) is 49.5 Å². The van der Waals surface area contributed by atoms with Crippen molar-refractivity contribution < 1.29 is 0 Å². The number of H-pyrrole nitrogens is 1. The largest absolute Gasteiger partial charge is 0.369 e. The fourth-order valence-corrected chi connectivity index (χ4v) is 3.69. The molecule has 3 rings (SSSR count). The Bertz CT molecular complexity index is 644. The number of hydrogen-bond acceptors (Lipinski definition) is 3. The predicted molar refractivity (Wildman–Crippen MR) is 87.8 cm³/mol. The van der Waals surface area contributed by atoms with Gasteiger partial charge in [0.1, 0.15) is 5.82 Å². The number of benzene rings is 1. The summed E-state index contributed by atoms with van der Waals surface area (Å²) in [4.78, 5) is 15.0.